The highest BCUT2D eigenvalue weighted by molar-refractivity contribution is 5.88. The predicted molar refractivity (Wildman–Crippen MR) is 68.9 cm³/mol. The SMILES string of the molecule is c1cncc(CNc2nnnc3ccccc23)c1. The molecule has 0 aliphatic carbocycles. The van der Waals surface area contributed by atoms with Gasteiger partial charge in [-0.15, -0.1) is 10.2 Å². The van der Waals surface area contributed by atoms with Gasteiger partial charge >= 0.3 is 0 Å². The number of hydrogen-bond donors (Lipinski definition) is 1. The molecule has 0 bridgehead atoms. The number of hydrogen-bond acceptors (Lipinski definition) is 5. The van der Waals surface area contributed by atoms with Gasteiger partial charge in [0.15, 0.2) is 5.82 Å². The second kappa shape index (κ2) is 4.75. The van der Waals surface area contributed by atoms with Crippen molar-refractivity contribution >= 4 is 16.7 Å². The Kier molecular flexibility index (Phi) is 2.79. The van der Waals surface area contributed by atoms with Gasteiger partial charge < -0.3 is 5.32 Å². The summed E-state index contributed by atoms with van der Waals surface area (Å²) in [4.78, 5) is 4.07. The third-order valence-corrected chi connectivity index (χ3v) is 2.64. The van der Waals surface area contributed by atoms with Crippen LogP contribution in [0.3, 0.4) is 0 Å². The van der Waals surface area contributed by atoms with Crippen LogP contribution in [0.25, 0.3) is 10.9 Å². The number of nitrogens with one attached hydrogen (secondary N) is 1. The topological polar surface area (TPSA) is 63.6 Å². The molecular formula is C13H11N5. The van der Waals surface area contributed by atoms with Crippen LogP contribution in [0.2, 0.25) is 0 Å². The lowest BCUT2D eigenvalue weighted by atomic mass is 10.2. The largest absolute Gasteiger partial charge is 0.364 e. The van der Waals surface area contributed by atoms with E-state index in [1.807, 2.05) is 42.6 Å². The first-order valence-electron chi connectivity index (χ1n) is 5.64. The molecule has 3 rings (SSSR count). The van der Waals surface area contributed by atoms with Gasteiger partial charge in [-0.1, -0.05) is 18.2 Å². The summed E-state index contributed by atoms with van der Waals surface area (Å²) in [5.74, 6) is 0.740. The molecule has 3 aromatic rings. The van der Waals surface area contributed by atoms with Gasteiger partial charge in [-0.3, -0.25) is 4.98 Å². The molecular weight excluding hydrogens is 226 g/mol. The van der Waals surface area contributed by atoms with E-state index in [1.54, 1.807) is 6.20 Å². The molecule has 0 aliphatic rings. The maximum atomic E-state index is 4.07. The first-order chi connectivity index (χ1) is 8.93. The van der Waals surface area contributed by atoms with E-state index >= 15 is 0 Å². The Balaban J connectivity index is 1.87. The highest BCUT2D eigenvalue weighted by Crippen LogP contribution is 2.17. The van der Waals surface area contributed by atoms with Crippen LogP contribution in [0.1, 0.15) is 5.56 Å². The zero-order valence-corrected chi connectivity index (χ0v) is 9.61. The third-order valence-electron chi connectivity index (χ3n) is 2.64. The van der Waals surface area contributed by atoms with Gasteiger partial charge in [-0.25, -0.2) is 0 Å². The molecule has 0 saturated carbocycles. The Labute approximate surface area is 104 Å². The van der Waals surface area contributed by atoms with E-state index in [-0.39, 0.29) is 0 Å². The number of aromatic nitrogens is 4. The normalized spacial score (nSPS) is 10.4. The van der Waals surface area contributed by atoms with Crippen molar-refractivity contribution in [3.05, 3.63) is 54.4 Å². The van der Waals surface area contributed by atoms with Crippen molar-refractivity contribution in [3.63, 3.8) is 0 Å². The van der Waals surface area contributed by atoms with Gasteiger partial charge in [-0.2, -0.15) is 0 Å². The number of pyridine rings is 1. The van der Waals surface area contributed by atoms with Crippen LogP contribution >= 0.6 is 0 Å². The molecule has 1 aromatic carbocycles. The zero-order valence-electron chi connectivity index (χ0n) is 9.61. The molecule has 0 spiro atoms. The van der Waals surface area contributed by atoms with E-state index in [1.165, 1.54) is 0 Å². The lowest BCUT2D eigenvalue weighted by Gasteiger charge is -2.06. The molecule has 0 radical (unpaired) electrons. The maximum Gasteiger partial charge on any atom is 0.160 e. The zero-order chi connectivity index (χ0) is 12.2. The molecule has 2 heterocycles. The van der Waals surface area contributed by atoms with Gasteiger partial charge in [0, 0.05) is 24.3 Å². The molecule has 0 atom stereocenters. The fraction of sp³-hybridized carbons (Fsp3) is 0.0769. The summed E-state index contributed by atoms with van der Waals surface area (Å²) in [6, 6.07) is 11.7. The fourth-order valence-corrected chi connectivity index (χ4v) is 1.75. The van der Waals surface area contributed by atoms with Crippen LogP contribution in [0.5, 0.6) is 0 Å². The average Bonchev–Trinajstić information content (AvgIpc) is 2.46. The molecule has 2 aromatic heterocycles. The van der Waals surface area contributed by atoms with E-state index in [0.717, 1.165) is 22.3 Å². The second-order valence-electron chi connectivity index (χ2n) is 3.87. The number of rotatable bonds is 3. The summed E-state index contributed by atoms with van der Waals surface area (Å²) in [6.07, 6.45) is 3.58. The van der Waals surface area contributed by atoms with Crippen LogP contribution in [-0.2, 0) is 6.54 Å². The quantitative estimate of drug-likeness (QED) is 0.755. The summed E-state index contributed by atoms with van der Waals surface area (Å²) in [5.41, 5.74) is 1.93. The summed E-state index contributed by atoms with van der Waals surface area (Å²) in [7, 11) is 0. The highest BCUT2D eigenvalue weighted by Gasteiger charge is 2.03. The van der Waals surface area contributed by atoms with Crippen molar-refractivity contribution in [2.45, 2.75) is 6.54 Å². The summed E-state index contributed by atoms with van der Waals surface area (Å²) >= 11 is 0. The van der Waals surface area contributed by atoms with Crippen LogP contribution in [0.15, 0.2) is 48.8 Å². The van der Waals surface area contributed by atoms with Gasteiger partial charge in [0.2, 0.25) is 0 Å². The van der Waals surface area contributed by atoms with Gasteiger partial charge in [0.25, 0.3) is 0 Å². The molecule has 88 valence electrons. The standard InChI is InChI=1S/C13H11N5/c1-2-6-12-11(5-1)13(17-18-16-12)15-9-10-4-3-7-14-8-10/h1-8H,9H2,(H,15,16,17). The van der Waals surface area contributed by atoms with E-state index in [9.17, 15) is 0 Å². The van der Waals surface area contributed by atoms with Crippen molar-refractivity contribution < 1.29 is 0 Å². The summed E-state index contributed by atoms with van der Waals surface area (Å²) < 4.78 is 0. The highest BCUT2D eigenvalue weighted by atomic mass is 15.3. The van der Waals surface area contributed by atoms with E-state index in [0.29, 0.717) is 6.54 Å². The lowest BCUT2D eigenvalue weighted by molar-refractivity contribution is 0.889. The Hall–Kier alpha value is -2.56. The number of anilines is 1. The molecule has 5 nitrogen and oxygen atoms in total. The van der Waals surface area contributed by atoms with Crippen molar-refractivity contribution in [3.8, 4) is 0 Å². The Morgan fingerprint density at radius 3 is 2.83 bits per heavy atom. The Morgan fingerprint density at radius 2 is 1.94 bits per heavy atom. The van der Waals surface area contributed by atoms with Crippen molar-refractivity contribution in [2.75, 3.05) is 5.32 Å². The van der Waals surface area contributed by atoms with Gasteiger partial charge in [0.05, 0.1) is 5.52 Å². The van der Waals surface area contributed by atoms with Crippen molar-refractivity contribution in [1.82, 2.24) is 20.4 Å². The lowest BCUT2D eigenvalue weighted by Crippen LogP contribution is -2.04. The predicted octanol–water partition coefficient (Wildman–Crippen LogP) is 2.03. The number of benzene rings is 1. The summed E-state index contributed by atoms with van der Waals surface area (Å²) in [6.45, 7) is 0.663. The minimum atomic E-state index is 0.663. The minimum absolute atomic E-state index is 0.663. The van der Waals surface area contributed by atoms with Crippen LogP contribution < -0.4 is 5.32 Å². The average molecular weight is 237 g/mol. The minimum Gasteiger partial charge on any atom is -0.364 e. The molecule has 0 amide bonds. The Bertz CT molecular complexity index is 648. The first-order valence-corrected chi connectivity index (χ1v) is 5.64. The van der Waals surface area contributed by atoms with E-state index < -0.39 is 0 Å². The van der Waals surface area contributed by atoms with E-state index in [2.05, 4.69) is 25.7 Å². The molecule has 5 heteroatoms. The van der Waals surface area contributed by atoms with Crippen LogP contribution in [0.4, 0.5) is 5.82 Å². The van der Waals surface area contributed by atoms with Crippen molar-refractivity contribution in [1.29, 1.82) is 0 Å². The molecule has 0 fully saturated rings. The van der Waals surface area contributed by atoms with Crippen LogP contribution in [0, 0.1) is 0 Å². The molecule has 1 N–H and O–H groups in total. The number of fused-ring (bicyclic) bond motifs is 1. The van der Waals surface area contributed by atoms with Gasteiger partial charge in [0.1, 0.15) is 0 Å². The number of nitrogens with zero attached hydrogens (tertiary/aromatic N) is 4. The van der Waals surface area contributed by atoms with Crippen molar-refractivity contribution in [2.24, 2.45) is 0 Å². The molecule has 0 saturated heterocycles. The van der Waals surface area contributed by atoms with Gasteiger partial charge in [-0.05, 0) is 29.0 Å². The fourth-order valence-electron chi connectivity index (χ4n) is 1.75. The second-order valence-corrected chi connectivity index (χ2v) is 3.87. The monoisotopic (exact) mass is 237 g/mol. The molecule has 0 unspecified atom stereocenters. The Morgan fingerprint density at radius 1 is 1.00 bits per heavy atom. The van der Waals surface area contributed by atoms with E-state index in [4.69, 9.17) is 0 Å². The summed E-state index contributed by atoms with van der Waals surface area (Å²) in [5, 5.41) is 16.0. The first kappa shape index (κ1) is 10.6. The molecule has 18 heavy (non-hydrogen) atoms. The molecule has 0 aliphatic heterocycles. The smallest absolute Gasteiger partial charge is 0.160 e. The van der Waals surface area contributed by atoms with Crippen LogP contribution in [-0.4, -0.2) is 20.4 Å². The maximum absolute atomic E-state index is 4.07. The third kappa shape index (κ3) is 2.10.